The van der Waals surface area contributed by atoms with E-state index in [0.29, 0.717) is 11.7 Å². The van der Waals surface area contributed by atoms with Crippen LogP contribution >= 0.6 is 0 Å². The van der Waals surface area contributed by atoms with Gasteiger partial charge >= 0.3 is 0 Å². The lowest BCUT2D eigenvalue weighted by Crippen LogP contribution is -2.41. The van der Waals surface area contributed by atoms with Gasteiger partial charge in [-0.25, -0.2) is 8.42 Å². The molecule has 0 saturated heterocycles. The summed E-state index contributed by atoms with van der Waals surface area (Å²) in [7, 11) is -3.04. The van der Waals surface area contributed by atoms with Crippen molar-refractivity contribution in [2.75, 3.05) is 5.75 Å². The van der Waals surface area contributed by atoms with Gasteiger partial charge in [-0.05, 0) is 25.2 Å². The molecular weight excluding hydrogens is 282 g/mol. The molecule has 0 amide bonds. The zero-order chi connectivity index (χ0) is 15.7. The highest BCUT2D eigenvalue weighted by atomic mass is 32.2. The molecule has 2 unspecified atom stereocenters. The fourth-order valence-corrected chi connectivity index (χ4v) is 5.48. The first kappa shape index (κ1) is 19.0. The van der Waals surface area contributed by atoms with Gasteiger partial charge in [-0.15, -0.1) is 0 Å². The molecule has 0 aliphatic heterocycles. The van der Waals surface area contributed by atoms with E-state index < -0.39 is 9.84 Å². The predicted molar refractivity (Wildman–Crippen MR) is 91.2 cm³/mol. The molecule has 0 bridgehead atoms. The first-order chi connectivity index (χ1) is 9.93. The standard InChI is InChI=1S/C17H35NO2S/c1-15(2)13-14-21(19,20)17-12-10-8-6-4-3-5-7-9-11-16(17)18/h15-17H,3-14,18H2,1-2H3. The lowest BCUT2D eigenvalue weighted by molar-refractivity contribution is 0.454. The van der Waals surface area contributed by atoms with Crippen LogP contribution < -0.4 is 5.73 Å². The van der Waals surface area contributed by atoms with Gasteiger partial charge in [-0.2, -0.15) is 0 Å². The summed E-state index contributed by atoms with van der Waals surface area (Å²) in [5, 5.41) is -0.310. The highest BCUT2D eigenvalue weighted by Crippen LogP contribution is 2.22. The van der Waals surface area contributed by atoms with Crippen LogP contribution in [-0.2, 0) is 9.84 Å². The molecule has 0 radical (unpaired) electrons. The summed E-state index contributed by atoms with van der Waals surface area (Å²) >= 11 is 0. The Hall–Kier alpha value is -0.0900. The summed E-state index contributed by atoms with van der Waals surface area (Å²) in [6.07, 6.45) is 12.0. The Kier molecular flexibility index (Phi) is 8.88. The topological polar surface area (TPSA) is 60.2 Å². The van der Waals surface area contributed by atoms with Crippen molar-refractivity contribution in [1.82, 2.24) is 0 Å². The van der Waals surface area contributed by atoms with Crippen LogP contribution in [0.15, 0.2) is 0 Å². The monoisotopic (exact) mass is 317 g/mol. The molecule has 1 rings (SSSR count). The van der Waals surface area contributed by atoms with Crippen molar-refractivity contribution in [2.45, 2.75) is 95.8 Å². The summed E-state index contributed by atoms with van der Waals surface area (Å²) < 4.78 is 25.3. The Balaban J connectivity index is 2.66. The van der Waals surface area contributed by atoms with Gasteiger partial charge in [-0.1, -0.05) is 65.2 Å². The van der Waals surface area contributed by atoms with Crippen LogP contribution in [-0.4, -0.2) is 25.5 Å². The number of sulfone groups is 1. The van der Waals surface area contributed by atoms with Crippen LogP contribution in [0.2, 0.25) is 0 Å². The van der Waals surface area contributed by atoms with Crippen LogP contribution in [0.1, 0.15) is 84.5 Å². The maximum Gasteiger partial charge on any atom is 0.154 e. The molecule has 1 aliphatic rings. The normalized spacial score (nSPS) is 27.0. The van der Waals surface area contributed by atoms with Crippen LogP contribution in [0.3, 0.4) is 0 Å². The average Bonchev–Trinajstić information content (AvgIpc) is 2.40. The third-order valence-electron chi connectivity index (χ3n) is 4.69. The van der Waals surface area contributed by atoms with Crippen molar-refractivity contribution < 1.29 is 8.42 Å². The van der Waals surface area contributed by atoms with Gasteiger partial charge in [0, 0.05) is 6.04 Å². The van der Waals surface area contributed by atoms with Crippen LogP contribution in [0.25, 0.3) is 0 Å². The van der Waals surface area contributed by atoms with Gasteiger partial charge in [0.05, 0.1) is 11.0 Å². The number of rotatable bonds is 4. The minimum Gasteiger partial charge on any atom is -0.327 e. The van der Waals surface area contributed by atoms with E-state index in [1.807, 2.05) is 0 Å². The predicted octanol–water partition coefficient (Wildman–Crippen LogP) is 4.06. The Bertz CT molecular complexity index is 365. The second-order valence-corrected chi connectivity index (χ2v) is 9.50. The maximum atomic E-state index is 12.6. The number of nitrogens with two attached hydrogens (primary N) is 1. The second-order valence-electron chi connectivity index (χ2n) is 7.16. The SMILES string of the molecule is CC(C)CCS(=O)(=O)C1CCCCCCCCCCC1N. The Morgan fingerprint density at radius 1 is 0.905 bits per heavy atom. The van der Waals surface area contributed by atoms with E-state index in [1.165, 1.54) is 32.1 Å². The van der Waals surface area contributed by atoms with Crippen LogP contribution in [0.5, 0.6) is 0 Å². The fourth-order valence-electron chi connectivity index (χ4n) is 3.18. The van der Waals surface area contributed by atoms with E-state index in [4.69, 9.17) is 5.73 Å². The van der Waals surface area contributed by atoms with E-state index in [-0.39, 0.29) is 11.3 Å². The van der Waals surface area contributed by atoms with Crippen LogP contribution in [0.4, 0.5) is 0 Å². The van der Waals surface area contributed by atoms with Crippen LogP contribution in [0, 0.1) is 5.92 Å². The first-order valence-electron chi connectivity index (χ1n) is 8.90. The Morgan fingerprint density at radius 3 is 1.90 bits per heavy atom. The van der Waals surface area contributed by atoms with Gasteiger partial charge in [0.2, 0.25) is 0 Å². The van der Waals surface area contributed by atoms with Crippen molar-refractivity contribution in [3.05, 3.63) is 0 Å². The summed E-state index contributed by atoms with van der Waals surface area (Å²) in [5.41, 5.74) is 6.27. The van der Waals surface area contributed by atoms with Crippen molar-refractivity contribution in [1.29, 1.82) is 0 Å². The minimum absolute atomic E-state index is 0.165. The highest BCUT2D eigenvalue weighted by molar-refractivity contribution is 7.92. The van der Waals surface area contributed by atoms with Gasteiger partial charge in [0.1, 0.15) is 0 Å². The van der Waals surface area contributed by atoms with Crippen molar-refractivity contribution >= 4 is 9.84 Å². The molecule has 21 heavy (non-hydrogen) atoms. The molecule has 2 N–H and O–H groups in total. The maximum absolute atomic E-state index is 12.6. The highest BCUT2D eigenvalue weighted by Gasteiger charge is 2.30. The molecule has 0 aromatic heterocycles. The fraction of sp³-hybridized carbons (Fsp3) is 1.00. The zero-order valence-electron chi connectivity index (χ0n) is 14.0. The lowest BCUT2D eigenvalue weighted by atomic mass is 9.98. The van der Waals surface area contributed by atoms with Crippen molar-refractivity contribution in [2.24, 2.45) is 11.7 Å². The number of hydrogen-bond acceptors (Lipinski definition) is 3. The van der Waals surface area contributed by atoms with E-state index in [1.54, 1.807) is 0 Å². The van der Waals surface area contributed by atoms with Gasteiger partial charge in [0.25, 0.3) is 0 Å². The largest absolute Gasteiger partial charge is 0.327 e. The molecule has 0 aromatic rings. The summed E-state index contributed by atoms with van der Waals surface area (Å²) in [5.74, 6) is 0.741. The third kappa shape index (κ3) is 7.64. The molecule has 3 nitrogen and oxygen atoms in total. The summed E-state index contributed by atoms with van der Waals surface area (Å²) in [4.78, 5) is 0. The summed E-state index contributed by atoms with van der Waals surface area (Å²) in [6, 6.07) is -0.165. The summed E-state index contributed by atoms with van der Waals surface area (Å²) in [6.45, 7) is 4.16. The second kappa shape index (κ2) is 9.83. The minimum atomic E-state index is -3.04. The van der Waals surface area contributed by atoms with E-state index in [0.717, 1.165) is 38.5 Å². The molecule has 0 aromatic carbocycles. The lowest BCUT2D eigenvalue weighted by Gasteiger charge is -2.25. The smallest absolute Gasteiger partial charge is 0.154 e. The van der Waals surface area contributed by atoms with Crippen molar-refractivity contribution in [3.8, 4) is 0 Å². The molecule has 1 saturated carbocycles. The van der Waals surface area contributed by atoms with Gasteiger partial charge in [-0.3, -0.25) is 0 Å². The zero-order valence-corrected chi connectivity index (χ0v) is 14.8. The van der Waals surface area contributed by atoms with Crippen molar-refractivity contribution in [3.63, 3.8) is 0 Å². The number of hydrogen-bond donors (Lipinski definition) is 1. The quantitative estimate of drug-likeness (QED) is 0.850. The molecule has 0 spiro atoms. The Morgan fingerprint density at radius 2 is 1.38 bits per heavy atom. The molecule has 0 heterocycles. The van der Waals surface area contributed by atoms with Gasteiger partial charge in [0.15, 0.2) is 9.84 Å². The molecule has 2 atom stereocenters. The van der Waals surface area contributed by atoms with E-state index in [2.05, 4.69) is 13.8 Å². The third-order valence-corrected chi connectivity index (χ3v) is 7.01. The van der Waals surface area contributed by atoms with E-state index in [9.17, 15) is 8.42 Å². The molecule has 1 aliphatic carbocycles. The molecular formula is C17H35NO2S. The molecule has 4 heteroatoms. The molecule has 126 valence electrons. The van der Waals surface area contributed by atoms with E-state index >= 15 is 0 Å². The molecule has 1 fully saturated rings. The average molecular weight is 318 g/mol. The van der Waals surface area contributed by atoms with Gasteiger partial charge < -0.3 is 5.73 Å². The Labute approximate surface area is 132 Å². The first-order valence-corrected chi connectivity index (χ1v) is 10.6.